The second kappa shape index (κ2) is 13.3. The number of rotatable bonds is 12. The van der Waals surface area contributed by atoms with Gasteiger partial charge < -0.3 is 11.5 Å². The van der Waals surface area contributed by atoms with Gasteiger partial charge >= 0.3 is 0 Å². The molecule has 0 fully saturated rings. The van der Waals surface area contributed by atoms with Crippen molar-refractivity contribution in [1.29, 1.82) is 0 Å². The summed E-state index contributed by atoms with van der Waals surface area (Å²) in [6, 6.07) is 35.4. The Labute approximate surface area is 230 Å². The van der Waals surface area contributed by atoms with E-state index < -0.39 is 0 Å². The van der Waals surface area contributed by atoms with Crippen LogP contribution in [0.2, 0.25) is 0 Å². The molecule has 0 aliphatic carbocycles. The van der Waals surface area contributed by atoms with Crippen molar-refractivity contribution in [3.05, 3.63) is 130 Å². The van der Waals surface area contributed by atoms with Gasteiger partial charge in [0.05, 0.1) is 0 Å². The summed E-state index contributed by atoms with van der Waals surface area (Å²) in [5.74, 6) is 1.43. The number of anilines is 2. The lowest BCUT2D eigenvalue weighted by atomic mass is 9.85. The Morgan fingerprint density at radius 1 is 0.474 bits per heavy atom. The third-order valence-corrected chi connectivity index (χ3v) is 7.76. The number of nitrogen functional groups attached to an aromatic ring is 2. The average Bonchev–Trinajstić information content (AvgIpc) is 2.93. The molecule has 0 amide bonds. The van der Waals surface area contributed by atoms with Gasteiger partial charge in [0.1, 0.15) is 0 Å². The lowest BCUT2D eigenvalue weighted by Gasteiger charge is -2.19. The van der Waals surface area contributed by atoms with Gasteiger partial charge in [0.15, 0.2) is 0 Å². The number of nitrogens with two attached hydrogens (primary N) is 2. The Morgan fingerprint density at radius 2 is 0.763 bits per heavy atom. The summed E-state index contributed by atoms with van der Waals surface area (Å²) in [5.41, 5.74) is 21.8. The second-order valence-corrected chi connectivity index (χ2v) is 11.0. The molecule has 4 aromatic carbocycles. The minimum absolute atomic E-state index is 0.426. The molecule has 2 unspecified atom stereocenters. The van der Waals surface area contributed by atoms with Crippen LogP contribution in [0.25, 0.3) is 0 Å². The highest BCUT2D eigenvalue weighted by molar-refractivity contribution is 5.44. The maximum atomic E-state index is 5.92. The molecule has 0 saturated heterocycles. The molecule has 0 aliphatic rings. The standard InChI is InChI=1S/C36H44N2/c1-4-6-35(31-16-20-33(37)21-17-31)29-12-8-27(9-13-29)24-26(3)25-28-10-14-30(15-11-28)36(7-5-2)32-18-22-34(38)23-19-32/h8-23,26,35-36H,4-7,24-25,37-38H2,1-3H3. The Balaban J connectivity index is 1.38. The molecule has 0 bridgehead atoms. The number of hydrogen-bond donors (Lipinski definition) is 2. The van der Waals surface area contributed by atoms with E-state index in [2.05, 4.69) is 93.6 Å². The van der Waals surface area contributed by atoms with Gasteiger partial charge in [-0.15, -0.1) is 0 Å². The van der Waals surface area contributed by atoms with Gasteiger partial charge in [-0.2, -0.15) is 0 Å². The van der Waals surface area contributed by atoms with Crippen LogP contribution < -0.4 is 11.5 Å². The normalized spacial score (nSPS) is 13.7. The zero-order valence-corrected chi connectivity index (χ0v) is 23.4. The first-order valence-electron chi connectivity index (χ1n) is 14.3. The summed E-state index contributed by atoms with van der Waals surface area (Å²) >= 11 is 0. The largest absolute Gasteiger partial charge is 0.399 e. The van der Waals surface area contributed by atoms with Crippen molar-refractivity contribution >= 4 is 11.4 Å². The first-order chi connectivity index (χ1) is 18.5. The molecule has 0 saturated carbocycles. The van der Waals surface area contributed by atoms with Crippen molar-refractivity contribution in [2.45, 2.75) is 71.1 Å². The average molecular weight is 505 g/mol. The van der Waals surface area contributed by atoms with Crippen LogP contribution in [-0.2, 0) is 12.8 Å². The maximum absolute atomic E-state index is 5.92. The van der Waals surface area contributed by atoms with E-state index in [9.17, 15) is 0 Å². The van der Waals surface area contributed by atoms with E-state index in [-0.39, 0.29) is 0 Å². The lowest BCUT2D eigenvalue weighted by molar-refractivity contribution is 0.576. The molecule has 2 heteroatoms. The van der Waals surface area contributed by atoms with Crippen molar-refractivity contribution in [3.63, 3.8) is 0 Å². The van der Waals surface area contributed by atoms with Crippen molar-refractivity contribution in [1.82, 2.24) is 0 Å². The van der Waals surface area contributed by atoms with Gasteiger partial charge in [0.25, 0.3) is 0 Å². The Hall–Kier alpha value is -3.52. The predicted molar refractivity (Wildman–Crippen MR) is 165 cm³/mol. The Bertz CT molecular complexity index is 1140. The molecule has 0 aliphatic heterocycles. The third kappa shape index (κ3) is 7.28. The van der Waals surface area contributed by atoms with Crippen molar-refractivity contribution in [2.24, 2.45) is 5.92 Å². The van der Waals surface area contributed by atoms with E-state index in [1.807, 2.05) is 24.3 Å². The Morgan fingerprint density at radius 3 is 1.05 bits per heavy atom. The third-order valence-electron chi connectivity index (χ3n) is 7.76. The summed E-state index contributed by atoms with van der Waals surface area (Å²) < 4.78 is 0. The molecular formula is C36H44N2. The molecule has 4 N–H and O–H groups in total. The molecule has 0 heterocycles. The van der Waals surface area contributed by atoms with E-state index in [0.29, 0.717) is 17.8 Å². The maximum Gasteiger partial charge on any atom is 0.0314 e. The summed E-state index contributed by atoms with van der Waals surface area (Å²) in [5, 5.41) is 0. The van der Waals surface area contributed by atoms with Crippen LogP contribution in [0.4, 0.5) is 11.4 Å². The molecule has 2 nitrogen and oxygen atoms in total. The predicted octanol–water partition coefficient (Wildman–Crippen LogP) is 9.14. The molecule has 4 aromatic rings. The Kier molecular flexibility index (Phi) is 9.65. The molecule has 4 rings (SSSR count). The van der Waals surface area contributed by atoms with Gasteiger partial charge in [0, 0.05) is 23.2 Å². The number of benzene rings is 4. The highest BCUT2D eigenvalue weighted by Crippen LogP contribution is 2.32. The highest BCUT2D eigenvalue weighted by Gasteiger charge is 2.15. The van der Waals surface area contributed by atoms with Crippen molar-refractivity contribution < 1.29 is 0 Å². The molecule has 0 aromatic heterocycles. The van der Waals surface area contributed by atoms with Gasteiger partial charge in [0.2, 0.25) is 0 Å². The lowest BCUT2D eigenvalue weighted by Crippen LogP contribution is -2.06. The first-order valence-corrected chi connectivity index (χ1v) is 14.3. The SMILES string of the molecule is CCCC(c1ccc(N)cc1)c1ccc(CC(C)Cc2ccc(C(CCC)c3ccc(N)cc3)cc2)cc1. The monoisotopic (exact) mass is 504 g/mol. The summed E-state index contributed by atoms with van der Waals surface area (Å²) in [6.45, 7) is 6.88. The molecule has 0 radical (unpaired) electrons. The topological polar surface area (TPSA) is 52.0 Å². The molecule has 198 valence electrons. The van der Waals surface area contributed by atoms with Gasteiger partial charge in [-0.3, -0.25) is 0 Å². The van der Waals surface area contributed by atoms with Crippen molar-refractivity contribution in [2.75, 3.05) is 11.5 Å². The minimum atomic E-state index is 0.426. The molecule has 0 spiro atoms. The molecule has 38 heavy (non-hydrogen) atoms. The van der Waals surface area contributed by atoms with E-state index in [1.54, 1.807) is 0 Å². The minimum Gasteiger partial charge on any atom is -0.399 e. The fourth-order valence-electron chi connectivity index (χ4n) is 5.73. The van der Waals surface area contributed by atoms with Crippen LogP contribution in [0.3, 0.4) is 0 Å². The molecular weight excluding hydrogens is 460 g/mol. The van der Waals surface area contributed by atoms with Gasteiger partial charge in [-0.1, -0.05) is 106 Å². The summed E-state index contributed by atoms with van der Waals surface area (Å²) in [4.78, 5) is 0. The van der Waals surface area contributed by atoms with E-state index in [4.69, 9.17) is 11.5 Å². The van der Waals surface area contributed by atoms with E-state index in [1.165, 1.54) is 33.4 Å². The summed E-state index contributed by atoms with van der Waals surface area (Å²) in [6.07, 6.45) is 6.79. The summed E-state index contributed by atoms with van der Waals surface area (Å²) in [7, 11) is 0. The highest BCUT2D eigenvalue weighted by atomic mass is 14.5. The van der Waals surface area contributed by atoms with Crippen molar-refractivity contribution in [3.8, 4) is 0 Å². The fourth-order valence-corrected chi connectivity index (χ4v) is 5.73. The fraction of sp³-hybridized carbons (Fsp3) is 0.333. The van der Waals surface area contributed by atoms with Gasteiger partial charge in [-0.05, 0) is 89.2 Å². The van der Waals surface area contributed by atoms with Crippen LogP contribution in [0.15, 0.2) is 97.1 Å². The quantitative estimate of drug-likeness (QED) is 0.189. The molecule has 2 atom stereocenters. The smallest absolute Gasteiger partial charge is 0.0314 e. The van der Waals surface area contributed by atoms with Crippen LogP contribution >= 0.6 is 0 Å². The van der Waals surface area contributed by atoms with Crippen LogP contribution in [0, 0.1) is 5.92 Å². The first kappa shape index (κ1) is 27.5. The van der Waals surface area contributed by atoms with E-state index >= 15 is 0 Å². The zero-order valence-electron chi connectivity index (χ0n) is 23.4. The van der Waals surface area contributed by atoms with Crippen LogP contribution in [-0.4, -0.2) is 0 Å². The van der Waals surface area contributed by atoms with Crippen LogP contribution in [0.5, 0.6) is 0 Å². The second-order valence-electron chi connectivity index (χ2n) is 11.0. The zero-order chi connectivity index (χ0) is 26.9. The van der Waals surface area contributed by atoms with Gasteiger partial charge in [-0.25, -0.2) is 0 Å². The van der Waals surface area contributed by atoms with Crippen LogP contribution in [0.1, 0.15) is 91.7 Å². The number of hydrogen-bond acceptors (Lipinski definition) is 2. The van der Waals surface area contributed by atoms with E-state index in [0.717, 1.165) is 49.9 Å².